The van der Waals surface area contributed by atoms with Crippen molar-refractivity contribution in [3.63, 3.8) is 0 Å². The number of hydrogen-bond acceptors (Lipinski definition) is 4. The summed E-state index contributed by atoms with van der Waals surface area (Å²) < 4.78 is 28.5. The average Bonchev–Trinajstić information content (AvgIpc) is 2.49. The molecular formula is C16H15Cl2NO4S. The molecule has 0 radical (unpaired) electrons. The third-order valence-corrected chi connectivity index (χ3v) is 5.29. The highest BCUT2D eigenvalue weighted by Gasteiger charge is 2.18. The Morgan fingerprint density at radius 1 is 1.12 bits per heavy atom. The van der Waals surface area contributed by atoms with Crippen LogP contribution in [-0.4, -0.2) is 14.4 Å². The zero-order valence-electron chi connectivity index (χ0n) is 13.0. The molecule has 2 N–H and O–H groups in total. The van der Waals surface area contributed by atoms with Gasteiger partial charge in [0, 0.05) is 0 Å². The Hall–Kier alpha value is -1.60. The number of halogens is 2. The molecule has 0 aromatic heterocycles. The molecule has 0 saturated heterocycles. The van der Waals surface area contributed by atoms with Crippen LogP contribution in [0, 0.1) is 13.8 Å². The van der Waals surface area contributed by atoms with Crippen molar-refractivity contribution in [2.45, 2.75) is 25.3 Å². The number of hydrogen-bond donors (Lipinski definition) is 1. The van der Waals surface area contributed by atoms with E-state index in [9.17, 15) is 13.2 Å². The molecule has 0 spiro atoms. The number of esters is 1. The Kier molecular flexibility index (Phi) is 5.55. The third-order valence-electron chi connectivity index (χ3n) is 3.52. The van der Waals surface area contributed by atoms with Gasteiger partial charge >= 0.3 is 5.97 Å². The SMILES string of the molecule is Cc1cc(C(=O)OCc2ccc(Cl)c(Cl)c2)cc(S(N)(=O)=O)c1C. The average molecular weight is 388 g/mol. The van der Waals surface area contributed by atoms with E-state index in [0.29, 0.717) is 26.7 Å². The first-order valence-electron chi connectivity index (χ1n) is 6.84. The van der Waals surface area contributed by atoms with Gasteiger partial charge in [0.2, 0.25) is 10.0 Å². The largest absolute Gasteiger partial charge is 0.457 e. The Labute approximate surface area is 150 Å². The van der Waals surface area contributed by atoms with Crippen LogP contribution >= 0.6 is 23.2 Å². The van der Waals surface area contributed by atoms with E-state index in [0.717, 1.165) is 0 Å². The van der Waals surface area contributed by atoms with E-state index in [4.69, 9.17) is 33.1 Å². The second-order valence-corrected chi connectivity index (χ2v) is 7.63. The summed E-state index contributed by atoms with van der Waals surface area (Å²) in [6.07, 6.45) is 0. The van der Waals surface area contributed by atoms with Gasteiger partial charge in [0.15, 0.2) is 0 Å². The molecule has 24 heavy (non-hydrogen) atoms. The Balaban J connectivity index is 2.24. The van der Waals surface area contributed by atoms with Crippen molar-refractivity contribution in [2.75, 3.05) is 0 Å². The fourth-order valence-electron chi connectivity index (χ4n) is 2.10. The summed E-state index contributed by atoms with van der Waals surface area (Å²) in [6.45, 7) is 3.30. The van der Waals surface area contributed by atoms with Crippen molar-refractivity contribution in [1.29, 1.82) is 0 Å². The first-order chi connectivity index (χ1) is 11.1. The molecule has 0 unspecified atom stereocenters. The van der Waals surface area contributed by atoms with E-state index < -0.39 is 16.0 Å². The van der Waals surface area contributed by atoms with Crippen LogP contribution in [0.2, 0.25) is 10.0 Å². The number of nitrogens with two attached hydrogens (primary N) is 1. The maximum absolute atomic E-state index is 12.2. The molecule has 0 saturated carbocycles. The molecule has 0 aliphatic heterocycles. The normalized spacial score (nSPS) is 11.4. The Morgan fingerprint density at radius 3 is 2.38 bits per heavy atom. The van der Waals surface area contributed by atoms with E-state index in [-0.39, 0.29) is 17.1 Å². The van der Waals surface area contributed by atoms with Crippen molar-refractivity contribution >= 4 is 39.2 Å². The second kappa shape index (κ2) is 7.11. The van der Waals surface area contributed by atoms with Crippen LogP contribution in [0.4, 0.5) is 0 Å². The Bertz CT molecular complexity index is 911. The highest BCUT2D eigenvalue weighted by Crippen LogP contribution is 2.24. The van der Waals surface area contributed by atoms with E-state index >= 15 is 0 Å². The summed E-state index contributed by atoms with van der Waals surface area (Å²) in [5.41, 5.74) is 1.90. The van der Waals surface area contributed by atoms with Gasteiger partial charge in [0.25, 0.3) is 0 Å². The molecule has 128 valence electrons. The molecule has 2 rings (SSSR count). The zero-order chi connectivity index (χ0) is 18.1. The molecule has 2 aromatic carbocycles. The first-order valence-corrected chi connectivity index (χ1v) is 9.15. The lowest BCUT2D eigenvalue weighted by Crippen LogP contribution is -2.16. The minimum absolute atomic E-state index is 0.0205. The fourth-order valence-corrected chi connectivity index (χ4v) is 3.30. The number of aryl methyl sites for hydroxylation is 1. The van der Waals surface area contributed by atoms with Gasteiger partial charge in [-0.25, -0.2) is 18.4 Å². The summed E-state index contributed by atoms with van der Waals surface area (Å²) in [5, 5.41) is 5.94. The number of rotatable bonds is 4. The summed E-state index contributed by atoms with van der Waals surface area (Å²) >= 11 is 11.7. The lowest BCUT2D eigenvalue weighted by Gasteiger charge is -2.11. The lowest BCUT2D eigenvalue weighted by molar-refractivity contribution is 0.0472. The molecule has 0 atom stereocenters. The highest BCUT2D eigenvalue weighted by molar-refractivity contribution is 7.89. The van der Waals surface area contributed by atoms with Crippen LogP contribution in [0.3, 0.4) is 0 Å². The van der Waals surface area contributed by atoms with Crippen LogP contribution in [0.25, 0.3) is 0 Å². The molecule has 0 heterocycles. The van der Waals surface area contributed by atoms with Crippen LogP contribution in [0.1, 0.15) is 27.0 Å². The number of carbonyl (C=O) groups is 1. The van der Waals surface area contributed by atoms with Gasteiger partial charge in [-0.15, -0.1) is 0 Å². The van der Waals surface area contributed by atoms with Gasteiger partial charge in [0.1, 0.15) is 6.61 Å². The summed E-state index contributed by atoms with van der Waals surface area (Å²) in [7, 11) is -3.93. The second-order valence-electron chi connectivity index (χ2n) is 5.29. The van der Waals surface area contributed by atoms with Crippen LogP contribution in [-0.2, 0) is 21.4 Å². The topological polar surface area (TPSA) is 86.5 Å². The van der Waals surface area contributed by atoms with Gasteiger partial charge in [-0.2, -0.15) is 0 Å². The quantitative estimate of drug-likeness (QED) is 0.811. The molecule has 8 heteroatoms. The van der Waals surface area contributed by atoms with Gasteiger partial charge in [-0.3, -0.25) is 0 Å². The van der Waals surface area contributed by atoms with Gasteiger partial charge in [0.05, 0.1) is 20.5 Å². The van der Waals surface area contributed by atoms with Gasteiger partial charge in [-0.1, -0.05) is 29.3 Å². The van der Waals surface area contributed by atoms with E-state index in [2.05, 4.69) is 0 Å². The summed E-state index contributed by atoms with van der Waals surface area (Å²) in [6, 6.07) is 7.64. The van der Waals surface area contributed by atoms with Crippen molar-refractivity contribution < 1.29 is 17.9 Å². The van der Waals surface area contributed by atoms with E-state index in [1.54, 1.807) is 38.1 Å². The summed E-state index contributed by atoms with van der Waals surface area (Å²) in [4.78, 5) is 12.1. The maximum Gasteiger partial charge on any atom is 0.338 e. The zero-order valence-corrected chi connectivity index (χ0v) is 15.3. The summed E-state index contributed by atoms with van der Waals surface area (Å²) in [5.74, 6) is -0.658. The third kappa shape index (κ3) is 4.27. The monoisotopic (exact) mass is 387 g/mol. The predicted octanol–water partition coefficient (Wildman–Crippen LogP) is 3.61. The lowest BCUT2D eigenvalue weighted by atomic mass is 10.1. The molecule has 5 nitrogen and oxygen atoms in total. The minimum atomic E-state index is -3.93. The number of sulfonamides is 1. The number of carbonyl (C=O) groups excluding carboxylic acids is 1. The molecule has 2 aromatic rings. The van der Waals surface area contributed by atoms with Crippen molar-refractivity contribution in [1.82, 2.24) is 0 Å². The molecular weight excluding hydrogens is 373 g/mol. The maximum atomic E-state index is 12.2. The van der Waals surface area contributed by atoms with Gasteiger partial charge < -0.3 is 4.74 Å². The van der Waals surface area contributed by atoms with Crippen LogP contribution in [0.5, 0.6) is 0 Å². The Morgan fingerprint density at radius 2 is 1.79 bits per heavy atom. The fraction of sp³-hybridized carbons (Fsp3) is 0.188. The highest BCUT2D eigenvalue weighted by atomic mass is 35.5. The molecule has 0 aliphatic carbocycles. The van der Waals surface area contributed by atoms with Crippen LogP contribution in [0.15, 0.2) is 35.2 Å². The predicted molar refractivity (Wildman–Crippen MR) is 92.9 cm³/mol. The molecule has 0 bridgehead atoms. The number of ether oxygens (including phenoxy) is 1. The van der Waals surface area contributed by atoms with E-state index in [1.165, 1.54) is 6.07 Å². The standard InChI is InChI=1S/C16H15Cl2NO4S/c1-9-5-12(7-15(10(9)2)24(19,21)22)16(20)23-8-11-3-4-13(17)14(18)6-11/h3-7H,8H2,1-2H3,(H2,19,21,22). The van der Waals surface area contributed by atoms with Crippen molar-refractivity contribution in [3.05, 3.63) is 62.6 Å². The smallest absolute Gasteiger partial charge is 0.338 e. The first kappa shape index (κ1) is 18.7. The number of primary sulfonamides is 1. The van der Waals surface area contributed by atoms with Crippen molar-refractivity contribution in [2.24, 2.45) is 5.14 Å². The van der Waals surface area contributed by atoms with Crippen molar-refractivity contribution in [3.8, 4) is 0 Å². The minimum Gasteiger partial charge on any atom is -0.457 e. The van der Waals surface area contributed by atoms with Crippen LogP contribution < -0.4 is 5.14 Å². The molecule has 0 amide bonds. The number of benzene rings is 2. The van der Waals surface area contributed by atoms with Gasteiger partial charge in [-0.05, 0) is 54.8 Å². The molecule has 0 aliphatic rings. The molecule has 0 fully saturated rings. The van der Waals surface area contributed by atoms with E-state index in [1.807, 2.05) is 0 Å².